The maximum absolute atomic E-state index is 11.4. The lowest BCUT2D eigenvalue weighted by molar-refractivity contribution is -0.160. The number of aliphatic carboxylic acids is 1. The molecule has 0 aromatic heterocycles. The number of carboxylic acid groups (broad SMARTS) is 1. The largest absolute Gasteiger partial charge is 0.481 e. The van der Waals surface area contributed by atoms with Gasteiger partial charge in [-0.2, -0.15) is 0 Å². The monoisotopic (exact) mass is 213 g/mol. The van der Waals surface area contributed by atoms with Crippen LogP contribution < -0.4 is 0 Å². The molecule has 2 aliphatic rings. The van der Waals surface area contributed by atoms with E-state index in [1.807, 2.05) is 0 Å². The summed E-state index contributed by atoms with van der Waals surface area (Å²) in [5.74, 6) is -0.759. The first-order valence-corrected chi connectivity index (χ1v) is 5.23. The van der Waals surface area contributed by atoms with Gasteiger partial charge in [-0.25, -0.2) is 0 Å². The molecule has 2 rings (SSSR count). The number of hydrogen-bond donors (Lipinski definition) is 2. The highest BCUT2D eigenvalue weighted by molar-refractivity contribution is 5.81. The smallest absolute Gasteiger partial charge is 0.303 e. The SMILES string of the molecule is O=C(O)CCC(=O)N1CC(O)(C2CC2)C1. The van der Waals surface area contributed by atoms with Crippen LogP contribution in [0.15, 0.2) is 0 Å². The Bertz CT molecular complexity index is 292. The average Bonchev–Trinajstić information content (AvgIpc) is 2.91. The van der Waals surface area contributed by atoms with Gasteiger partial charge < -0.3 is 15.1 Å². The lowest BCUT2D eigenvalue weighted by Gasteiger charge is -2.47. The normalized spacial score (nSPS) is 23.4. The second-order valence-electron chi connectivity index (χ2n) is 4.52. The summed E-state index contributed by atoms with van der Waals surface area (Å²) in [7, 11) is 0. The van der Waals surface area contributed by atoms with E-state index in [0.29, 0.717) is 19.0 Å². The van der Waals surface area contributed by atoms with E-state index in [2.05, 4.69) is 0 Å². The Hall–Kier alpha value is -1.10. The van der Waals surface area contributed by atoms with Gasteiger partial charge in [-0.05, 0) is 18.8 Å². The maximum atomic E-state index is 11.4. The van der Waals surface area contributed by atoms with Gasteiger partial charge in [-0.15, -0.1) is 0 Å². The Morgan fingerprint density at radius 2 is 1.87 bits per heavy atom. The summed E-state index contributed by atoms with van der Waals surface area (Å²) < 4.78 is 0. The van der Waals surface area contributed by atoms with Crippen LogP contribution >= 0.6 is 0 Å². The highest BCUT2D eigenvalue weighted by Crippen LogP contribution is 2.44. The fraction of sp³-hybridized carbons (Fsp3) is 0.800. The number of aliphatic hydroxyl groups is 1. The second-order valence-corrected chi connectivity index (χ2v) is 4.52. The van der Waals surface area contributed by atoms with Gasteiger partial charge in [0.15, 0.2) is 0 Å². The van der Waals surface area contributed by atoms with Crippen LogP contribution in [0.1, 0.15) is 25.7 Å². The molecule has 1 aliphatic heterocycles. The summed E-state index contributed by atoms with van der Waals surface area (Å²) in [5, 5.41) is 18.4. The molecular weight excluding hydrogens is 198 g/mol. The lowest BCUT2D eigenvalue weighted by atomic mass is 9.88. The van der Waals surface area contributed by atoms with Crippen LogP contribution in [0.4, 0.5) is 0 Å². The van der Waals surface area contributed by atoms with Gasteiger partial charge in [0, 0.05) is 6.42 Å². The van der Waals surface area contributed by atoms with E-state index in [0.717, 1.165) is 12.8 Å². The number of β-amino-alcohol motifs (C(OH)–C–C–N with tert-alkyl or cyclic N) is 1. The van der Waals surface area contributed by atoms with Crippen molar-refractivity contribution in [3.8, 4) is 0 Å². The quantitative estimate of drug-likeness (QED) is 0.680. The molecule has 84 valence electrons. The Balaban J connectivity index is 1.73. The van der Waals surface area contributed by atoms with Crippen molar-refractivity contribution in [1.29, 1.82) is 0 Å². The number of carbonyl (C=O) groups excluding carboxylic acids is 1. The first-order chi connectivity index (χ1) is 7.01. The molecule has 1 saturated carbocycles. The minimum Gasteiger partial charge on any atom is -0.481 e. The molecule has 1 amide bonds. The molecule has 2 fully saturated rings. The van der Waals surface area contributed by atoms with Gasteiger partial charge >= 0.3 is 5.97 Å². The van der Waals surface area contributed by atoms with Gasteiger partial charge in [0.05, 0.1) is 19.5 Å². The minimum atomic E-state index is -0.957. The zero-order valence-corrected chi connectivity index (χ0v) is 8.48. The molecule has 0 spiro atoms. The van der Waals surface area contributed by atoms with Crippen molar-refractivity contribution in [2.24, 2.45) is 5.92 Å². The predicted molar refractivity (Wildman–Crippen MR) is 51.1 cm³/mol. The van der Waals surface area contributed by atoms with Gasteiger partial charge in [-0.1, -0.05) is 0 Å². The van der Waals surface area contributed by atoms with Crippen LogP contribution in [0, 0.1) is 5.92 Å². The second kappa shape index (κ2) is 3.48. The molecule has 0 atom stereocenters. The van der Waals surface area contributed by atoms with E-state index in [4.69, 9.17) is 5.11 Å². The van der Waals surface area contributed by atoms with Crippen LogP contribution in [0.25, 0.3) is 0 Å². The summed E-state index contributed by atoms with van der Waals surface area (Å²) >= 11 is 0. The van der Waals surface area contributed by atoms with E-state index in [9.17, 15) is 14.7 Å². The molecule has 0 aromatic rings. The summed E-state index contributed by atoms with van der Waals surface area (Å²) in [5.41, 5.74) is -0.668. The van der Waals surface area contributed by atoms with Crippen molar-refractivity contribution in [2.75, 3.05) is 13.1 Å². The molecule has 1 saturated heterocycles. The highest BCUT2D eigenvalue weighted by atomic mass is 16.4. The molecule has 0 unspecified atom stereocenters. The van der Waals surface area contributed by atoms with Crippen molar-refractivity contribution in [2.45, 2.75) is 31.3 Å². The van der Waals surface area contributed by atoms with E-state index in [1.54, 1.807) is 4.90 Å². The first kappa shape index (κ1) is 10.4. The fourth-order valence-corrected chi connectivity index (χ4v) is 2.04. The standard InChI is InChI=1S/C10H15NO4/c12-8(3-4-9(13)14)11-5-10(15,6-11)7-1-2-7/h7,15H,1-6H2,(H,13,14). The molecule has 15 heavy (non-hydrogen) atoms. The predicted octanol–water partition coefficient (Wildman–Crippen LogP) is -0.166. The molecular formula is C10H15NO4. The van der Waals surface area contributed by atoms with Crippen LogP contribution in [0.5, 0.6) is 0 Å². The van der Waals surface area contributed by atoms with Crippen LogP contribution in [-0.4, -0.2) is 45.7 Å². The third-order valence-corrected chi connectivity index (χ3v) is 3.17. The third-order valence-electron chi connectivity index (χ3n) is 3.17. The molecule has 5 heteroatoms. The number of amides is 1. The summed E-state index contributed by atoms with van der Waals surface area (Å²) in [6.07, 6.45) is 2.01. The number of nitrogens with zero attached hydrogens (tertiary/aromatic N) is 1. The minimum absolute atomic E-state index is 0.0378. The number of carboxylic acids is 1. The Morgan fingerprint density at radius 3 is 2.33 bits per heavy atom. The number of hydrogen-bond acceptors (Lipinski definition) is 3. The summed E-state index contributed by atoms with van der Waals surface area (Å²) in [6.45, 7) is 0.770. The van der Waals surface area contributed by atoms with Crippen molar-refractivity contribution in [3.63, 3.8) is 0 Å². The van der Waals surface area contributed by atoms with Crippen molar-refractivity contribution in [3.05, 3.63) is 0 Å². The average molecular weight is 213 g/mol. The zero-order chi connectivity index (χ0) is 11.1. The third kappa shape index (κ3) is 2.12. The van der Waals surface area contributed by atoms with Crippen LogP contribution in [0.2, 0.25) is 0 Å². The highest BCUT2D eigenvalue weighted by Gasteiger charge is 2.52. The Kier molecular flexibility index (Phi) is 2.42. The molecule has 0 aromatic carbocycles. The lowest BCUT2D eigenvalue weighted by Crippen LogP contribution is -2.64. The van der Waals surface area contributed by atoms with Crippen molar-refractivity contribution < 1.29 is 19.8 Å². The van der Waals surface area contributed by atoms with Gasteiger partial charge in [-0.3, -0.25) is 9.59 Å². The molecule has 0 radical (unpaired) electrons. The van der Waals surface area contributed by atoms with Crippen LogP contribution in [-0.2, 0) is 9.59 Å². The Morgan fingerprint density at radius 1 is 1.27 bits per heavy atom. The summed E-state index contributed by atoms with van der Waals surface area (Å²) in [4.78, 5) is 23.2. The number of likely N-dealkylation sites (tertiary alicyclic amines) is 1. The molecule has 2 N–H and O–H groups in total. The summed E-state index contributed by atoms with van der Waals surface area (Å²) in [6, 6.07) is 0. The maximum Gasteiger partial charge on any atom is 0.303 e. The van der Waals surface area contributed by atoms with Gasteiger partial charge in [0.25, 0.3) is 0 Å². The Labute approximate surface area is 87.7 Å². The van der Waals surface area contributed by atoms with E-state index < -0.39 is 11.6 Å². The molecule has 1 heterocycles. The van der Waals surface area contributed by atoms with E-state index in [1.165, 1.54) is 0 Å². The van der Waals surface area contributed by atoms with E-state index >= 15 is 0 Å². The molecule has 0 bridgehead atoms. The van der Waals surface area contributed by atoms with Gasteiger partial charge in [0.1, 0.15) is 5.60 Å². The van der Waals surface area contributed by atoms with Gasteiger partial charge in [0.2, 0.25) is 5.91 Å². The topological polar surface area (TPSA) is 77.8 Å². The fourth-order valence-electron chi connectivity index (χ4n) is 2.04. The van der Waals surface area contributed by atoms with E-state index in [-0.39, 0.29) is 18.7 Å². The number of rotatable bonds is 4. The van der Waals surface area contributed by atoms with Crippen LogP contribution in [0.3, 0.4) is 0 Å². The first-order valence-electron chi connectivity index (χ1n) is 5.23. The van der Waals surface area contributed by atoms with Crippen molar-refractivity contribution in [1.82, 2.24) is 4.90 Å². The van der Waals surface area contributed by atoms with Crippen molar-refractivity contribution >= 4 is 11.9 Å². The zero-order valence-electron chi connectivity index (χ0n) is 8.48. The number of carbonyl (C=O) groups is 2. The molecule has 5 nitrogen and oxygen atoms in total. The molecule has 1 aliphatic carbocycles.